The van der Waals surface area contributed by atoms with Gasteiger partial charge in [0.25, 0.3) is 0 Å². The Bertz CT molecular complexity index is 394. The van der Waals surface area contributed by atoms with Gasteiger partial charge in [0.15, 0.2) is 0 Å². The molecule has 0 aliphatic rings. The molecular weight excluding hydrogens is 228 g/mol. The van der Waals surface area contributed by atoms with Gasteiger partial charge in [-0.3, -0.25) is 4.79 Å². The highest BCUT2D eigenvalue weighted by atomic mass is 35.5. The van der Waals surface area contributed by atoms with Crippen LogP contribution in [-0.2, 0) is 4.79 Å². The number of nitrogens with one attached hydrogen (secondary N) is 1. The fourth-order valence-corrected chi connectivity index (χ4v) is 1.35. The van der Waals surface area contributed by atoms with Gasteiger partial charge in [-0.2, -0.15) is 0 Å². The maximum absolute atomic E-state index is 11.6. The minimum Gasteiger partial charge on any atom is -0.358 e. The molecule has 1 unspecified atom stereocenters. The summed E-state index contributed by atoms with van der Waals surface area (Å²) in [5.41, 5.74) is 0.850. The first-order chi connectivity index (χ1) is 7.41. The summed E-state index contributed by atoms with van der Waals surface area (Å²) in [6.07, 6.45) is 1.62. The lowest BCUT2D eigenvalue weighted by Gasteiger charge is -2.19. The molecule has 1 rings (SSSR count). The van der Waals surface area contributed by atoms with Crippen molar-refractivity contribution in [3.05, 3.63) is 17.0 Å². The number of carbonyl (C=O) groups is 1. The standard InChI is InChI=1S/C10H15ClN4O/c1-6-5-12-10(11)14-8(6)13-7(2)9(16)15(3)4/h5,7H,1-4H3,(H,12,13,14). The van der Waals surface area contributed by atoms with E-state index >= 15 is 0 Å². The van der Waals surface area contributed by atoms with Crippen LogP contribution in [0, 0.1) is 6.92 Å². The number of aryl methyl sites for hydroxylation is 1. The number of hydrogen-bond acceptors (Lipinski definition) is 4. The van der Waals surface area contributed by atoms with Gasteiger partial charge in [-0.1, -0.05) is 0 Å². The van der Waals surface area contributed by atoms with E-state index in [0.29, 0.717) is 5.82 Å². The zero-order chi connectivity index (χ0) is 12.3. The molecule has 1 heterocycles. The van der Waals surface area contributed by atoms with Crippen molar-refractivity contribution < 1.29 is 4.79 Å². The fraction of sp³-hybridized carbons (Fsp3) is 0.500. The van der Waals surface area contributed by atoms with Crippen LogP contribution in [0.4, 0.5) is 5.82 Å². The number of anilines is 1. The summed E-state index contributed by atoms with van der Waals surface area (Å²) in [5, 5.41) is 3.17. The number of carbonyl (C=O) groups excluding carboxylic acids is 1. The van der Waals surface area contributed by atoms with Crippen LogP contribution in [0.15, 0.2) is 6.20 Å². The highest BCUT2D eigenvalue weighted by Crippen LogP contribution is 2.13. The summed E-state index contributed by atoms with van der Waals surface area (Å²) < 4.78 is 0. The van der Waals surface area contributed by atoms with Gasteiger partial charge < -0.3 is 10.2 Å². The minimum absolute atomic E-state index is 0.0193. The van der Waals surface area contributed by atoms with E-state index in [9.17, 15) is 4.79 Å². The predicted octanol–water partition coefficient (Wildman–Crippen LogP) is 1.33. The molecule has 0 spiro atoms. The lowest BCUT2D eigenvalue weighted by atomic mass is 10.2. The van der Waals surface area contributed by atoms with Gasteiger partial charge in [-0.15, -0.1) is 0 Å². The molecule has 1 amide bonds. The van der Waals surface area contributed by atoms with Crippen LogP contribution in [0.2, 0.25) is 5.28 Å². The number of amides is 1. The average Bonchev–Trinajstić information content (AvgIpc) is 2.22. The summed E-state index contributed by atoms with van der Waals surface area (Å²) in [7, 11) is 3.42. The maximum atomic E-state index is 11.6. The van der Waals surface area contributed by atoms with E-state index in [1.165, 1.54) is 4.90 Å². The first kappa shape index (κ1) is 12.7. The van der Waals surface area contributed by atoms with Crippen molar-refractivity contribution in [1.29, 1.82) is 0 Å². The van der Waals surface area contributed by atoms with Gasteiger partial charge in [0, 0.05) is 25.9 Å². The van der Waals surface area contributed by atoms with E-state index < -0.39 is 0 Å². The molecule has 0 aliphatic heterocycles. The van der Waals surface area contributed by atoms with Crippen LogP contribution in [0.1, 0.15) is 12.5 Å². The van der Waals surface area contributed by atoms with Gasteiger partial charge in [0.05, 0.1) is 0 Å². The Kier molecular flexibility index (Phi) is 4.06. The topological polar surface area (TPSA) is 58.1 Å². The summed E-state index contributed by atoms with van der Waals surface area (Å²) in [6.45, 7) is 3.63. The Morgan fingerprint density at radius 3 is 2.75 bits per heavy atom. The van der Waals surface area contributed by atoms with Gasteiger partial charge in [0.2, 0.25) is 11.2 Å². The van der Waals surface area contributed by atoms with Crippen LogP contribution < -0.4 is 5.32 Å². The molecule has 88 valence electrons. The molecule has 0 saturated heterocycles. The molecule has 0 aromatic carbocycles. The van der Waals surface area contributed by atoms with Gasteiger partial charge in [-0.05, 0) is 25.4 Å². The molecule has 0 aliphatic carbocycles. The predicted molar refractivity (Wildman–Crippen MR) is 63.6 cm³/mol. The van der Waals surface area contributed by atoms with Crippen LogP contribution in [0.5, 0.6) is 0 Å². The van der Waals surface area contributed by atoms with Crippen molar-refractivity contribution in [2.24, 2.45) is 0 Å². The summed E-state index contributed by atoms with van der Waals surface area (Å²) in [5.74, 6) is 0.567. The molecule has 6 heteroatoms. The normalized spacial score (nSPS) is 12.1. The second-order valence-corrected chi connectivity index (χ2v) is 4.11. The highest BCUT2D eigenvalue weighted by Gasteiger charge is 2.16. The summed E-state index contributed by atoms with van der Waals surface area (Å²) in [6, 6.07) is -0.348. The highest BCUT2D eigenvalue weighted by molar-refractivity contribution is 6.28. The Hall–Kier alpha value is -1.36. The first-order valence-corrected chi connectivity index (χ1v) is 5.26. The molecule has 0 fully saturated rings. The van der Waals surface area contributed by atoms with Crippen LogP contribution in [0.25, 0.3) is 0 Å². The molecule has 1 aromatic rings. The van der Waals surface area contributed by atoms with E-state index in [-0.39, 0.29) is 17.2 Å². The molecular formula is C10H15ClN4O. The first-order valence-electron chi connectivity index (χ1n) is 4.88. The van der Waals surface area contributed by atoms with Crippen molar-refractivity contribution >= 4 is 23.3 Å². The second kappa shape index (κ2) is 5.12. The number of halogens is 1. The van der Waals surface area contributed by atoms with Crippen molar-refractivity contribution in [3.8, 4) is 0 Å². The third-order valence-corrected chi connectivity index (χ3v) is 2.29. The molecule has 1 atom stereocenters. The zero-order valence-corrected chi connectivity index (χ0v) is 10.5. The maximum Gasteiger partial charge on any atom is 0.244 e. The van der Waals surface area contributed by atoms with E-state index in [1.54, 1.807) is 27.2 Å². The van der Waals surface area contributed by atoms with Crippen molar-refractivity contribution in [2.75, 3.05) is 19.4 Å². The van der Waals surface area contributed by atoms with Crippen LogP contribution in [0.3, 0.4) is 0 Å². The molecule has 5 nitrogen and oxygen atoms in total. The van der Waals surface area contributed by atoms with E-state index in [2.05, 4.69) is 15.3 Å². The zero-order valence-electron chi connectivity index (χ0n) is 9.78. The quantitative estimate of drug-likeness (QED) is 0.813. The van der Waals surface area contributed by atoms with E-state index in [0.717, 1.165) is 5.56 Å². The van der Waals surface area contributed by atoms with Crippen LogP contribution >= 0.6 is 11.6 Å². The number of hydrogen-bond donors (Lipinski definition) is 1. The van der Waals surface area contributed by atoms with Gasteiger partial charge in [0.1, 0.15) is 11.9 Å². The molecule has 0 saturated carbocycles. The second-order valence-electron chi connectivity index (χ2n) is 3.77. The largest absolute Gasteiger partial charge is 0.358 e. The fourth-order valence-electron chi connectivity index (χ4n) is 1.22. The van der Waals surface area contributed by atoms with Gasteiger partial charge >= 0.3 is 0 Å². The van der Waals surface area contributed by atoms with Crippen LogP contribution in [-0.4, -0.2) is 40.9 Å². The Morgan fingerprint density at radius 1 is 1.56 bits per heavy atom. The molecule has 16 heavy (non-hydrogen) atoms. The van der Waals surface area contributed by atoms with E-state index in [1.807, 2.05) is 6.92 Å². The summed E-state index contributed by atoms with van der Waals surface area (Å²) >= 11 is 5.68. The molecule has 0 radical (unpaired) electrons. The summed E-state index contributed by atoms with van der Waals surface area (Å²) in [4.78, 5) is 21.0. The molecule has 1 N–H and O–H groups in total. The van der Waals surface area contributed by atoms with Gasteiger partial charge in [-0.25, -0.2) is 9.97 Å². The number of rotatable bonds is 3. The average molecular weight is 243 g/mol. The third-order valence-electron chi connectivity index (χ3n) is 2.11. The Morgan fingerprint density at radius 2 is 2.19 bits per heavy atom. The lowest BCUT2D eigenvalue weighted by molar-refractivity contribution is -0.129. The minimum atomic E-state index is -0.348. The lowest BCUT2D eigenvalue weighted by Crippen LogP contribution is -2.37. The number of likely N-dealkylation sites (N-methyl/N-ethyl adjacent to an activating group) is 1. The van der Waals surface area contributed by atoms with Crippen molar-refractivity contribution in [1.82, 2.24) is 14.9 Å². The molecule has 1 aromatic heterocycles. The Labute approximate surface area is 99.8 Å². The third kappa shape index (κ3) is 3.06. The Balaban J connectivity index is 2.80. The number of aromatic nitrogens is 2. The van der Waals surface area contributed by atoms with E-state index in [4.69, 9.17) is 11.6 Å². The number of nitrogens with zero attached hydrogens (tertiary/aromatic N) is 3. The van der Waals surface area contributed by atoms with Crippen molar-refractivity contribution in [2.45, 2.75) is 19.9 Å². The van der Waals surface area contributed by atoms with Crippen molar-refractivity contribution in [3.63, 3.8) is 0 Å². The molecule has 0 bridgehead atoms. The monoisotopic (exact) mass is 242 g/mol. The smallest absolute Gasteiger partial charge is 0.244 e. The SMILES string of the molecule is Cc1cnc(Cl)nc1NC(C)C(=O)N(C)C.